The number of Topliss-reactive ketones (excluding diaryl/α,β-unsaturated/α-hetero) is 1. The van der Waals surface area contributed by atoms with Crippen LogP contribution in [0.4, 0.5) is 0 Å². The number of nitrogens with zero attached hydrogens (tertiary/aromatic N) is 2. The van der Waals surface area contributed by atoms with Gasteiger partial charge in [-0.1, -0.05) is 18.2 Å². The minimum Gasteiger partial charge on any atom is -0.463 e. The highest BCUT2D eigenvalue weighted by Gasteiger charge is 2.32. The Balaban J connectivity index is 1.38. The minimum absolute atomic E-state index is 0.0685. The van der Waals surface area contributed by atoms with Crippen molar-refractivity contribution >= 4 is 32.5 Å². The van der Waals surface area contributed by atoms with E-state index in [4.69, 9.17) is 9.15 Å². The number of aryl methyl sites for hydroxylation is 1. The normalized spacial score (nSPS) is 17.0. The maximum Gasteiger partial charge on any atom is 0.339 e. The number of ketones is 1. The van der Waals surface area contributed by atoms with Crippen molar-refractivity contribution < 1.29 is 27.2 Å². The van der Waals surface area contributed by atoms with Gasteiger partial charge in [0.05, 0.1) is 28.8 Å². The van der Waals surface area contributed by atoms with Gasteiger partial charge in [-0.15, -0.1) is 0 Å². The van der Waals surface area contributed by atoms with Crippen LogP contribution in [0.5, 0.6) is 0 Å². The van der Waals surface area contributed by atoms with Crippen molar-refractivity contribution in [1.29, 1.82) is 0 Å². The summed E-state index contributed by atoms with van der Waals surface area (Å²) >= 11 is 0. The predicted molar refractivity (Wildman–Crippen MR) is 130 cm³/mol. The first-order valence-corrected chi connectivity index (χ1v) is 13.1. The van der Waals surface area contributed by atoms with Crippen LogP contribution in [0.25, 0.3) is 22.4 Å². The van der Waals surface area contributed by atoms with Gasteiger partial charge in [0.2, 0.25) is 5.78 Å². The standard InChI is InChI=1S/C26H24N2O6S/c1-16-12-20(17(2)28(16)18-9-11-35(31,32)15-18)24(29)14-34-26(30)21-13-23(25-8-5-10-33-25)27-22-7-4-3-6-19(21)22/h3-8,10,12-13,18H,9,11,14-15H2,1-2H3. The summed E-state index contributed by atoms with van der Waals surface area (Å²) in [6.45, 7) is 3.21. The molecule has 0 N–H and O–H groups in total. The molecule has 0 amide bonds. The monoisotopic (exact) mass is 492 g/mol. The molecule has 0 aliphatic carbocycles. The van der Waals surface area contributed by atoms with Crippen LogP contribution in [0.2, 0.25) is 0 Å². The van der Waals surface area contributed by atoms with E-state index in [1.807, 2.05) is 17.6 Å². The van der Waals surface area contributed by atoms with Crippen LogP contribution in [0, 0.1) is 13.8 Å². The summed E-state index contributed by atoms with van der Waals surface area (Å²) in [7, 11) is -3.07. The molecule has 1 saturated heterocycles. The Bertz CT molecular complexity index is 1550. The van der Waals surface area contributed by atoms with Crippen molar-refractivity contribution in [1.82, 2.24) is 9.55 Å². The van der Waals surface area contributed by atoms with E-state index in [0.29, 0.717) is 40.0 Å². The van der Waals surface area contributed by atoms with E-state index in [9.17, 15) is 18.0 Å². The number of benzene rings is 1. The molecule has 4 aromatic rings. The summed E-state index contributed by atoms with van der Waals surface area (Å²) in [5, 5.41) is 0.612. The van der Waals surface area contributed by atoms with E-state index < -0.39 is 22.4 Å². The summed E-state index contributed by atoms with van der Waals surface area (Å²) in [6.07, 6.45) is 2.05. The zero-order valence-corrected chi connectivity index (χ0v) is 20.2. The molecule has 0 radical (unpaired) electrons. The minimum atomic E-state index is -3.07. The average molecular weight is 493 g/mol. The highest BCUT2D eigenvalue weighted by atomic mass is 32.2. The van der Waals surface area contributed by atoms with Gasteiger partial charge in [0.25, 0.3) is 0 Å². The summed E-state index contributed by atoms with van der Waals surface area (Å²) in [5.74, 6) is -0.250. The van der Waals surface area contributed by atoms with E-state index in [2.05, 4.69) is 4.98 Å². The Morgan fingerprint density at radius 2 is 1.91 bits per heavy atom. The molecule has 5 rings (SSSR count). The van der Waals surface area contributed by atoms with Crippen molar-refractivity contribution in [3.05, 3.63) is 77.3 Å². The maximum absolute atomic E-state index is 13.0. The maximum atomic E-state index is 13.0. The summed E-state index contributed by atoms with van der Waals surface area (Å²) < 4.78 is 36.6. The first kappa shape index (κ1) is 23.0. The molecule has 35 heavy (non-hydrogen) atoms. The molecule has 180 valence electrons. The fraction of sp³-hybridized carbons (Fsp3) is 0.269. The Hall–Kier alpha value is -3.72. The van der Waals surface area contributed by atoms with E-state index in [0.717, 1.165) is 5.69 Å². The van der Waals surface area contributed by atoms with Crippen molar-refractivity contribution in [2.45, 2.75) is 26.3 Å². The first-order valence-electron chi connectivity index (χ1n) is 11.3. The zero-order valence-electron chi connectivity index (χ0n) is 19.4. The number of carbonyl (C=O) groups excluding carboxylic acids is 2. The lowest BCUT2D eigenvalue weighted by atomic mass is 10.1. The number of para-hydroxylation sites is 1. The van der Waals surface area contributed by atoms with Crippen molar-refractivity contribution in [3.63, 3.8) is 0 Å². The molecule has 9 heteroatoms. The molecule has 1 aliphatic rings. The number of sulfone groups is 1. The van der Waals surface area contributed by atoms with Crippen LogP contribution >= 0.6 is 0 Å². The van der Waals surface area contributed by atoms with Gasteiger partial charge < -0.3 is 13.7 Å². The molecular weight excluding hydrogens is 468 g/mol. The number of fused-ring (bicyclic) bond motifs is 1. The lowest BCUT2D eigenvalue weighted by Crippen LogP contribution is -2.17. The predicted octanol–water partition coefficient (Wildman–Crippen LogP) is 4.31. The highest BCUT2D eigenvalue weighted by molar-refractivity contribution is 7.91. The van der Waals surface area contributed by atoms with Crippen LogP contribution in [0.1, 0.15) is 44.6 Å². The Kier molecular flexibility index (Phi) is 5.80. The molecule has 3 aromatic heterocycles. The second-order valence-electron chi connectivity index (χ2n) is 8.76. The third kappa shape index (κ3) is 4.39. The number of rotatable bonds is 6. The Labute approximate surface area is 202 Å². The number of pyridine rings is 1. The van der Waals surface area contributed by atoms with E-state index in [-0.39, 0.29) is 28.9 Å². The molecule has 0 spiro atoms. The largest absolute Gasteiger partial charge is 0.463 e. The number of hydrogen-bond acceptors (Lipinski definition) is 7. The average Bonchev–Trinajstić information content (AvgIpc) is 3.56. The molecule has 8 nitrogen and oxygen atoms in total. The van der Waals surface area contributed by atoms with Gasteiger partial charge in [0, 0.05) is 28.4 Å². The van der Waals surface area contributed by atoms with Gasteiger partial charge in [-0.25, -0.2) is 18.2 Å². The second kappa shape index (κ2) is 8.81. The van der Waals surface area contributed by atoms with Crippen molar-refractivity contribution in [2.24, 2.45) is 0 Å². The van der Waals surface area contributed by atoms with Gasteiger partial charge in [0.15, 0.2) is 22.2 Å². The third-order valence-electron chi connectivity index (χ3n) is 6.40. The van der Waals surface area contributed by atoms with Crippen molar-refractivity contribution in [3.8, 4) is 11.5 Å². The Morgan fingerprint density at radius 1 is 1.11 bits per heavy atom. The molecule has 0 saturated carbocycles. The van der Waals surface area contributed by atoms with E-state index in [1.165, 1.54) is 6.26 Å². The van der Waals surface area contributed by atoms with Gasteiger partial charge in [-0.2, -0.15) is 0 Å². The number of hydrogen-bond donors (Lipinski definition) is 0. The van der Waals surface area contributed by atoms with E-state index >= 15 is 0 Å². The van der Waals surface area contributed by atoms with Gasteiger partial charge in [-0.05, 0) is 50.6 Å². The smallest absolute Gasteiger partial charge is 0.339 e. The van der Waals surface area contributed by atoms with Crippen LogP contribution in [-0.2, 0) is 14.6 Å². The number of carbonyl (C=O) groups is 2. The summed E-state index contributed by atoms with van der Waals surface area (Å²) in [5.41, 5.74) is 3.30. The van der Waals surface area contributed by atoms with Gasteiger partial charge >= 0.3 is 5.97 Å². The number of ether oxygens (including phenoxy) is 1. The van der Waals surface area contributed by atoms with Crippen molar-refractivity contribution in [2.75, 3.05) is 18.1 Å². The van der Waals surface area contributed by atoms with Crippen LogP contribution in [-0.4, -0.2) is 47.8 Å². The van der Waals surface area contributed by atoms with Gasteiger partial charge in [0.1, 0.15) is 5.69 Å². The molecule has 1 atom stereocenters. The quantitative estimate of drug-likeness (QED) is 0.291. The molecular formula is C26H24N2O6S. The number of esters is 1. The van der Waals surface area contributed by atoms with Crippen LogP contribution < -0.4 is 0 Å². The fourth-order valence-electron chi connectivity index (χ4n) is 4.78. The molecule has 0 bridgehead atoms. The molecule has 1 unspecified atom stereocenters. The zero-order chi connectivity index (χ0) is 24.7. The van der Waals surface area contributed by atoms with E-state index in [1.54, 1.807) is 49.4 Å². The van der Waals surface area contributed by atoms with Crippen LogP contribution in [0.3, 0.4) is 0 Å². The highest BCUT2D eigenvalue weighted by Crippen LogP contribution is 2.30. The SMILES string of the molecule is Cc1cc(C(=O)COC(=O)c2cc(-c3ccco3)nc3ccccc23)c(C)n1C1CCS(=O)(=O)C1. The first-order chi connectivity index (χ1) is 16.7. The third-order valence-corrected chi connectivity index (χ3v) is 8.15. The number of aromatic nitrogens is 2. The lowest BCUT2D eigenvalue weighted by molar-refractivity contribution is 0.0476. The lowest BCUT2D eigenvalue weighted by Gasteiger charge is -2.16. The molecule has 4 heterocycles. The number of furan rings is 1. The molecule has 1 aromatic carbocycles. The second-order valence-corrected chi connectivity index (χ2v) is 11.0. The van der Waals surface area contributed by atoms with Gasteiger partial charge in [-0.3, -0.25) is 4.79 Å². The summed E-state index contributed by atoms with van der Waals surface area (Å²) in [6, 6.07) is 13.8. The summed E-state index contributed by atoms with van der Waals surface area (Å²) in [4.78, 5) is 30.6. The topological polar surface area (TPSA) is 108 Å². The molecule has 1 fully saturated rings. The molecule has 1 aliphatic heterocycles. The van der Waals surface area contributed by atoms with Crippen LogP contribution in [0.15, 0.2) is 59.2 Å². The fourth-order valence-corrected chi connectivity index (χ4v) is 6.48. The Morgan fingerprint density at radius 3 is 2.63 bits per heavy atom.